The minimum atomic E-state index is -3.78. The summed E-state index contributed by atoms with van der Waals surface area (Å²) in [5.74, 6) is -1.81. The molecule has 2 atom stereocenters. The number of benzene rings is 3. The largest absolute Gasteiger partial charge is 0.365 e. The first kappa shape index (κ1) is 37.8. The minimum absolute atomic E-state index is 0.134. The summed E-state index contributed by atoms with van der Waals surface area (Å²) in [5, 5.41) is 8.22. The maximum absolute atomic E-state index is 14.3. The summed E-state index contributed by atoms with van der Waals surface area (Å²) in [6.45, 7) is 4.77. The topological polar surface area (TPSA) is 183 Å². The van der Waals surface area contributed by atoms with E-state index in [0.717, 1.165) is 22.8 Å². The Kier molecular flexibility index (Phi) is 10.8. The van der Waals surface area contributed by atoms with E-state index in [9.17, 15) is 27.2 Å². The Morgan fingerprint density at radius 1 is 1.07 bits per heavy atom. The predicted molar refractivity (Wildman–Crippen MR) is 206 cm³/mol. The maximum Gasteiger partial charge on any atom is 0.253 e. The molecule has 2 unspecified atom stereocenters. The van der Waals surface area contributed by atoms with E-state index in [1.807, 2.05) is 11.0 Å². The van der Waals surface area contributed by atoms with Crippen molar-refractivity contribution in [1.29, 1.82) is 0 Å². The van der Waals surface area contributed by atoms with E-state index < -0.39 is 27.8 Å². The van der Waals surface area contributed by atoms with Gasteiger partial charge in [0.25, 0.3) is 5.91 Å². The third-order valence-corrected chi connectivity index (χ3v) is 12.9. The van der Waals surface area contributed by atoms with Gasteiger partial charge in [-0.3, -0.25) is 29.5 Å². The second-order valence-electron chi connectivity index (χ2n) is 13.4. The van der Waals surface area contributed by atoms with E-state index in [1.54, 1.807) is 19.1 Å². The first-order valence-electron chi connectivity index (χ1n) is 17.2. The molecule has 18 heteroatoms. The number of anilines is 4. The van der Waals surface area contributed by atoms with Crippen molar-refractivity contribution in [2.24, 2.45) is 5.73 Å². The highest BCUT2D eigenvalue weighted by Gasteiger charge is 2.39. The molecule has 0 bridgehead atoms. The standard InChI is InChI=1S/C36H37BrFN9O5S2/c1-20-15-23(6-8-27(20)42-36-40-17-25(37)33(44-36)41-28-4-2-3-26(38)31(28)32(39)49)54(51,52)46-13-11-45(12-14-46)18-21-5-7-24-22(16-21)19-47(35(24)53)29-9-10-30(48)43-34(29)50/h2-8,15-17,29,35,53H,9-14,18-19H2,1H3,(H2,39,49)(H,43,48,50)(H2,40,41,42,44). The number of hydrogen-bond acceptors (Lipinski definition) is 12. The van der Waals surface area contributed by atoms with Crippen LogP contribution in [-0.4, -0.2) is 82.4 Å². The lowest BCUT2D eigenvalue weighted by Gasteiger charge is -2.34. The average molecular weight is 839 g/mol. The Hall–Kier alpha value is -4.46. The van der Waals surface area contributed by atoms with Crippen molar-refractivity contribution in [2.45, 2.75) is 49.2 Å². The van der Waals surface area contributed by atoms with Gasteiger partial charge in [-0.15, -0.1) is 0 Å². The summed E-state index contributed by atoms with van der Waals surface area (Å²) in [4.78, 5) is 49.2. The van der Waals surface area contributed by atoms with E-state index in [0.29, 0.717) is 67.8 Å². The van der Waals surface area contributed by atoms with E-state index in [2.05, 4.69) is 58.9 Å². The molecular weight excluding hydrogens is 801 g/mol. The smallest absolute Gasteiger partial charge is 0.253 e. The van der Waals surface area contributed by atoms with Crippen LogP contribution in [0.3, 0.4) is 0 Å². The maximum atomic E-state index is 14.3. The zero-order valence-electron chi connectivity index (χ0n) is 29.1. The fourth-order valence-corrected chi connectivity index (χ4v) is 9.29. The molecule has 2 saturated heterocycles. The highest BCUT2D eigenvalue weighted by atomic mass is 79.9. The van der Waals surface area contributed by atoms with Crippen molar-refractivity contribution < 1.29 is 27.2 Å². The third-order valence-electron chi connectivity index (χ3n) is 9.84. The van der Waals surface area contributed by atoms with Crippen molar-refractivity contribution in [3.8, 4) is 0 Å². The molecule has 0 saturated carbocycles. The van der Waals surface area contributed by atoms with E-state index in [4.69, 9.17) is 18.4 Å². The van der Waals surface area contributed by atoms with Gasteiger partial charge in [0.05, 0.1) is 32.0 Å². The van der Waals surface area contributed by atoms with Crippen molar-refractivity contribution in [3.63, 3.8) is 0 Å². The summed E-state index contributed by atoms with van der Waals surface area (Å²) in [6, 6.07) is 14.7. The highest BCUT2D eigenvalue weighted by Crippen LogP contribution is 2.40. The summed E-state index contributed by atoms with van der Waals surface area (Å²) in [5.41, 5.74) is 9.67. The first-order valence-corrected chi connectivity index (χ1v) is 19.9. The number of fused-ring (bicyclic) bond motifs is 1. The summed E-state index contributed by atoms with van der Waals surface area (Å²) in [6.07, 6.45) is 2.26. The number of piperidine rings is 1. The Morgan fingerprint density at radius 3 is 2.57 bits per heavy atom. The number of carbonyl (C=O) groups excluding carboxylic acids is 3. The van der Waals surface area contributed by atoms with Crippen molar-refractivity contribution in [2.75, 3.05) is 36.8 Å². The number of halogens is 2. The number of rotatable bonds is 10. The van der Waals surface area contributed by atoms with Crippen LogP contribution < -0.4 is 21.7 Å². The summed E-state index contributed by atoms with van der Waals surface area (Å²) < 4.78 is 43.7. The summed E-state index contributed by atoms with van der Waals surface area (Å²) in [7, 11) is -3.78. The van der Waals surface area contributed by atoms with Crippen LogP contribution >= 0.6 is 28.6 Å². The Morgan fingerprint density at radius 2 is 1.85 bits per heavy atom. The van der Waals surface area contributed by atoms with Crippen LogP contribution in [0.5, 0.6) is 0 Å². The lowest BCUT2D eigenvalue weighted by Crippen LogP contribution is -2.51. The molecule has 5 N–H and O–H groups in total. The number of nitrogens with zero attached hydrogens (tertiary/aromatic N) is 5. The van der Waals surface area contributed by atoms with Crippen LogP contribution in [0.25, 0.3) is 0 Å². The van der Waals surface area contributed by atoms with Gasteiger partial charge in [-0.25, -0.2) is 17.8 Å². The molecule has 2 fully saturated rings. The average Bonchev–Trinajstić information content (AvgIpc) is 3.45. The molecule has 282 valence electrons. The molecule has 0 aliphatic carbocycles. The van der Waals surface area contributed by atoms with Crippen LogP contribution in [0.15, 0.2) is 70.2 Å². The van der Waals surface area contributed by atoms with Gasteiger partial charge >= 0.3 is 0 Å². The van der Waals surface area contributed by atoms with Crippen LogP contribution in [0.2, 0.25) is 0 Å². The van der Waals surface area contributed by atoms with E-state index in [1.165, 1.54) is 28.7 Å². The molecule has 7 rings (SSSR count). The highest BCUT2D eigenvalue weighted by molar-refractivity contribution is 9.10. The fourth-order valence-electron chi connectivity index (χ4n) is 7.00. The SMILES string of the molecule is Cc1cc(S(=O)(=O)N2CCN(Cc3ccc4c(c3)CN(C3CCC(=O)NC3=O)C4S)CC2)ccc1Nc1ncc(Br)c(Nc2cccc(F)c2C(N)=O)n1. The molecule has 3 aliphatic rings. The molecule has 14 nitrogen and oxygen atoms in total. The molecule has 0 radical (unpaired) electrons. The number of sulfonamides is 1. The van der Waals surface area contributed by atoms with Gasteiger partial charge in [0.15, 0.2) is 0 Å². The van der Waals surface area contributed by atoms with Gasteiger partial charge in [-0.1, -0.05) is 24.3 Å². The van der Waals surface area contributed by atoms with Crippen molar-refractivity contribution >= 4 is 79.4 Å². The van der Waals surface area contributed by atoms with Gasteiger partial charge in [-0.2, -0.15) is 21.9 Å². The second kappa shape index (κ2) is 15.3. The van der Waals surface area contributed by atoms with E-state index in [-0.39, 0.29) is 45.1 Å². The molecule has 0 spiro atoms. The number of amides is 3. The van der Waals surface area contributed by atoms with Gasteiger partial charge in [0.2, 0.25) is 27.8 Å². The summed E-state index contributed by atoms with van der Waals surface area (Å²) >= 11 is 8.16. The number of carbonyl (C=O) groups is 3. The van der Waals surface area contributed by atoms with Crippen LogP contribution in [0.1, 0.15) is 50.8 Å². The number of aromatic nitrogens is 2. The second-order valence-corrected chi connectivity index (χ2v) is 16.7. The van der Waals surface area contributed by atoms with Crippen LogP contribution in [0.4, 0.5) is 27.5 Å². The predicted octanol–water partition coefficient (Wildman–Crippen LogP) is 4.33. The number of aryl methyl sites for hydroxylation is 1. The first-order chi connectivity index (χ1) is 25.8. The molecule has 3 aliphatic heterocycles. The quantitative estimate of drug-likeness (QED) is 0.113. The number of primary amides is 1. The van der Waals surface area contributed by atoms with E-state index >= 15 is 0 Å². The Labute approximate surface area is 325 Å². The monoisotopic (exact) mass is 837 g/mol. The number of thiol groups is 1. The molecule has 1 aromatic heterocycles. The van der Waals surface area contributed by atoms with Gasteiger partial charge in [0.1, 0.15) is 11.6 Å². The number of nitrogens with two attached hydrogens (primary N) is 1. The molecule has 54 heavy (non-hydrogen) atoms. The zero-order chi connectivity index (χ0) is 38.3. The minimum Gasteiger partial charge on any atom is -0.365 e. The van der Waals surface area contributed by atoms with Crippen LogP contribution in [0, 0.1) is 12.7 Å². The Balaban J connectivity index is 0.965. The number of nitrogens with one attached hydrogen (secondary N) is 3. The fraction of sp³-hybridized carbons (Fsp3) is 0.306. The van der Waals surface area contributed by atoms with Gasteiger partial charge in [-0.05, 0) is 81.9 Å². The normalized spacial score (nSPS) is 19.7. The zero-order valence-corrected chi connectivity index (χ0v) is 32.3. The number of piperazine rings is 1. The number of imide groups is 1. The molecule has 4 heterocycles. The molecule has 3 aromatic carbocycles. The third kappa shape index (κ3) is 7.71. The molecular formula is C36H37BrFN9O5S2. The molecule has 4 aromatic rings. The van der Waals surface area contributed by atoms with Gasteiger partial charge < -0.3 is 16.4 Å². The van der Waals surface area contributed by atoms with Crippen LogP contribution in [-0.2, 0) is 32.7 Å². The Bertz CT molecular complexity index is 2270. The lowest BCUT2D eigenvalue weighted by molar-refractivity contribution is -0.137. The molecule has 3 amide bonds. The lowest BCUT2D eigenvalue weighted by atomic mass is 10.0. The van der Waals surface area contributed by atoms with Crippen molar-refractivity contribution in [3.05, 3.63) is 98.9 Å². The number of hydrogen-bond donors (Lipinski definition) is 5. The van der Waals surface area contributed by atoms with Crippen molar-refractivity contribution in [1.82, 2.24) is 29.4 Å². The van der Waals surface area contributed by atoms with Gasteiger partial charge in [0, 0.05) is 57.6 Å².